The van der Waals surface area contributed by atoms with E-state index in [0.29, 0.717) is 13.2 Å². The Labute approximate surface area is 101 Å². The molecule has 6 nitrogen and oxygen atoms in total. The first-order chi connectivity index (χ1) is 8.01. The number of furan rings is 1. The number of hydrogen-bond acceptors (Lipinski definition) is 5. The van der Waals surface area contributed by atoms with Gasteiger partial charge in [-0.1, -0.05) is 0 Å². The van der Waals surface area contributed by atoms with Crippen molar-refractivity contribution in [2.45, 2.75) is 25.3 Å². The van der Waals surface area contributed by atoms with Gasteiger partial charge in [-0.2, -0.15) is 0 Å². The van der Waals surface area contributed by atoms with Gasteiger partial charge in [-0.15, -0.1) is 0 Å². The van der Waals surface area contributed by atoms with Gasteiger partial charge in [-0.3, -0.25) is 0 Å². The second-order valence-electron chi connectivity index (χ2n) is 3.39. The number of aliphatic hydroxyl groups is 1. The van der Waals surface area contributed by atoms with Crippen molar-refractivity contribution < 1.29 is 22.7 Å². The van der Waals surface area contributed by atoms with Crippen molar-refractivity contribution in [2.24, 2.45) is 0 Å². The summed E-state index contributed by atoms with van der Waals surface area (Å²) in [4.78, 5) is 0.0537. The number of hydrogen-bond donors (Lipinski definition) is 2. The molecule has 1 rings (SSSR count). The summed E-state index contributed by atoms with van der Waals surface area (Å²) >= 11 is 0. The highest BCUT2D eigenvalue weighted by atomic mass is 32.2. The molecule has 2 N–H and O–H groups in total. The van der Waals surface area contributed by atoms with Crippen LogP contribution in [-0.2, 0) is 21.4 Å². The third-order valence-corrected chi connectivity index (χ3v) is 3.68. The molecular weight excluding hydrogens is 246 g/mol. The number of aryl methyl sites for hydroxylation is 1. The van der Waals surface area contributed by atoms with E-state index < -0.39 is 10.0 Å². The second kappa shape index (κ2) is 6.15. The first-order valence-corrected chi connectivity index (χ1v) is 6.77. The Bertz CT molecular complexity index is 451. The van der Waals surface area contributed by atoms with Gasteiger partial charge in [0.2, 0.25) is 10.0 Å². The van der Waals surface area contributed by atoms with Crippen LogP contribution in [-0.4, -0.2) is 33.3 Å². The summed E-state index contributed by atoms with van der Waals surface area (Å²) in [7, 11) is -3.60. The second-order valence-corrected chi connectivity index (χ2v) is 5.12. The van der Waals surface area contributed by atoms with Gasteiger partial charge >= 0.3 is 0 Å². The molecular formula is C10H17NO5S. The van der Waals surface area contributed by atoms with E-state index in [9.17, 15) is 8.42 Å². The van der Waals surface area contributed by atoms with Crippen molar-refractivity contribution in [1.82, 2.24) is 4.72 Å². The molecule has 7 heteroatoms. The Balaban J connectivity index is 2.72. The number of nitrogens with one attached hydrogen (secondary N) is 1. The standard InChI is InChI=1S/C10H17NO5S/c1-3-15-5-4-11-17(13,14)10-6-9(7-12)16-8(10)2/h6,11-12H,3-5,7H2,1-2H3. The molecule has 0 amide bonds. The number of aliphatic hydroxyl groups excluding tert-OH is 1. The first kappa shape index (κ1) is 14.2. The third-order valence-electron chi connectivity index (χ3n) is 2.11. The van der Waals surface area contributed by atoms with Crippen LogP contribution in [0.15, 0.2) is 15.4 Å². The Morgan fingerprint density at radius 2 is 2.24 bits per heavy atom. The molecule has 0 spiro atoms. The molecule has 0 unspecified atom stereocenters. The molecule has 1 aromatic rings. The molecule has 1 aromatic heterocycles. The van der Waals surface area contributed by atoms with Crippen molar-refractivity contribution >= 4 is 10.0 Å². The van der Waals surface area contributed by atoms with E-state index >= 15 is 0 Å². The molecule has 0 aliphatic rings. The SMILES string of the molecule is CCOCCNS(=O)(=O)c1cc(CO)oc1C. The molecule has 0 saturated heterocycles. The zero-order valence-electron chi connectivity index (χ0n) is 9.89. The number of sulfonamides is 1. The Kier molecular flexibility index (Phi) is 5.13. The maximum absolute atomic E-state index is 11.8. The summed E-state index contributed by atoms with van der Waals surface area (Å²) in [6.45, 7) is 4.11. The predicted molar refractivity (Wildman–Crippen MR) is 61.0 cm³/mol. The van der Waals surface area contributed by atoms with E-state index in [1.807, 2.05) is 6.92 Å². The molecule has 0 aliphatic heterocycles. The van der Waals surface area contributed by atoms with E-state index in [0.717, 1.165) is 0 Å². The zero-order chi connectivity index (χ0) is 12.9. The molecule has 1 heterocycles. The fourth-order valence-corrected chi connectivity index (χ4v) is 2.55. The molecule has 0 fully saturated rings. The topological polar surface area (TPSA) is 88.8 Å². The van der Waals surface area contributed by atoms with Crippen molar-refractivity contribution in [3.05, 3.63) is 17.6 Å². The highest BCUT2D eigenvalue weighted by Crippen LogP contribution is 2.19. The van der Waals surface area contributed by atoms with Crippen molar-refractivity contribution in [2.75, 3.05) is 19.8 Å². The maximum Gasteiger partial charge on any atom is 0.244 e. The van der Waals surface area contributed by atoms with Crippen LogP contribution in [0.1, 0.15) is 18.4 Å². The monoisotopic (exact) mass is 263 g/mol. The van der Waals surface area contributed by atoms with E-state index in [-0.39, 0.29) is 29.6 Å². The van der Waals surface area contributed by atoms with E-state index in [1.165, 1.54) is 13.0 Å². The average molecular weight is 263 g/mol. The summed E-state index contributed by atoms with van der Waals surface area (Å²) < 4.78 is 36.2. The lowest BCUT2D eigenvalue weighted by Gasteiger charge is -2.05. The van der Waals surface area contributed by atoms with Gasteiger partial charge in [0, 0.05) is 19.2 Å². The summed E-state index contributed by atoms with van der Waals surface area (Å²) in [5, 5.41) is 8.86. The Morgan fingerprint density at radius 1 is 1.53 bits per heavy atom. The predicted octanol–water partition coefficient (Wildman–Crippen LogP) is 0.395. The van der Waals surface area contributed by atoms with Gasteiger partial charge in [0.05, 0.1) is 6.61 Å². The van der Waals surface area contributed by atoms with Crippen LogP contribution in [0.2, 0.25) is 0 Å². The fourth-order valence-electron chi connectivity index (χ4n) is 1.34. The molecule has 98 valence electrons. The number of rotatable bonds is 7. The van der Waals surface area contributed by atoms with Gasteiger partial charge in [-0.25, -0.2) is 13.1 Å². The fraction of sp³-hybridized carbons (Fsp3) is 0.600. The smallest absolute Gasteiger partial charge is 0.244 e. The highest BCUT2D eigenvalue weighted by molar-refractivity contribution is 7.89. The summed E-state index contributed by atoms with van der Waals surface area (Å²) in [5.41, 5.74) is 0. The van der Waals surface area contributed by atoms with Crippen LogP contribution in [0.4, 0.5) is 0 Å². The molecule has 0 saturated carbocycles. The lowest BCUT2D eigenvalue weighted by molar-refractivity contribution is 0.153. The molecule has 0 radical (unpaired) electrons. The van der Waals surface area contributed by atoms with Gasteiger partial charge in [0.1, 0.15) is 23.0 Å². The quantitative estimate of drug-likeness (QED) is 0.695. The lowest BCUT2D eigenvalue weighted by Crippen LogP contribution is -2.27. The third kappa shape index (κ3) is 3.81. The van der Waals surface area contributed by atoms with E-state index in [4.69, 9.17) is 14.3 Å². The van der Waals surface area contributed by atoms with Gasteiger partial charge < -0.3 is 14.3 Å². The van der Waals surface area contributed by atoms with Gasteiger partial charge in [0.15, 0.2) is 0 Å². The van der Waals surface area contributed by atoms with E-state index in [2.05, 4.69) is 4.72 Å². The molecule has 0 atom stereocenters. The molecule has 0 aliphatic carbocycles. The molecule has 17 heavy (non-hydrogen) atoms. The van der Waals surface area contributed by atoms with Crippen LogP contribution < -0.4 is 4.72 Å². The summed E-state index contributed by atoms with van der Waals surface area (Å²) in [6.07, 6.45) is 0. The zero-order valence-corrected chi connectivity index (χ0v) is 10.7. The van der Waals surface area contributed by atoms with E-state index in [1.54, 1.807) is 0 Å². The van der Waals surface area contributed by atoms with Crippen LogP contribution in [0, 0.1) is 6.92 Å². The van der Waals surface area contributed by atoms with Crippen LogP contribution in [0.25, 0.3) is 0 Å². The minimum absolute atomic E-state index is 0.0537. The van der Waals surface area contributed by atoms with Gasteiger partial charge in [-0.05, 0) is 13.8 Å². The van der Waals surface area contributed by atoms with Crippen LogP contribution in [0.3, 0.4) is 0 Å². The minimum Gasteiger partial charge on any atom is -0.462 e. The normalized spacial score (nSPS) is 11.9. The van der Waals surface area contributed by atoms with Crippen LogP contribution >= 0.6 is 0 Å². The van der Waals surface area contributed by atoms with Crippen LogP contribution in [0.5, 0.6) is 0 Å². The average Bonchev–Trinajstić information content (AvgIpc) is 2.67. The van der Waals surface area contributed by atoms with Gasteiger partial charge in [0.25, 0.3) is 0 Å². The highest BCUT2D eigenvalue weighted by Gasteiger charge is 2.20. The largest absolute Gasteiger partial charge is 0.462 e. The van der Waals surface area contributed by atoms with Crippen molar-refractivity contribution in [3.63, 3.8) is 0 Å². The summed E-state index contributed by atoms with van der Waals surface area (Å²) in [6, 6.07) is 1.32. The first-order valence-electron chi connectivity index (χ1n) is 5.28. The Morgan fingerprint density at radius 3 is 2.76 bits per heavy atom. The molecule has 0 bridgehead atoms. The lowest BCUT2D eigenvalue weighted by atomic mass is 10.4. The van der Waals surface area contributed by atoms with Crippen molar-refractivity contribution in [3.8, 4) is 0 Å². The number of ether oxygens (including phenoxy) is 1. The van der Waals surface area contributed by atoms with Crippen molar-refractivity contribution in [1.29, 1.82) is 0 Å². The summed E-state index contributed by atoms with van der Waals surface area (Å²) in [5.74, 6) is 0.491. The minimum atomic E-state index is -3.60. The maximum atomic E-state index is 11.8. The molecule has 0 aromatic carbocycles. The Hall–Kier alpha value is -0.890.